The molecule has 1 atom stereocenters. The van der Waals surface area contributed by atoms with Gasteiger partial charge in [0.05, 0.1) is 0 Å². The maximum absolute atomic E-state index is 11.2. The number of amides is 1. The number of hydrogen-bond acceptors (Lipinski definition) is 3. The molecular weight excluding hydrogens is 168 g/mol. The quantitative estimate of drug-likeness (QED) is 0.563. The highest BCUT2D eigenvalue weighted by molar-refractivity contribution is 5.76. The molecule has 13 heavy (non-hydrogen) atoms. The van der Waals surface area contributed by atoms with Crippen LogP contribution < -0.4 is 11.1 Å². The molecule has 0 aliphatic rings. The summed E-state index contributed by atoms with van der Waals surface area (Å²) in [6.45, 7) is 3.21. The number of hydrogen-bond donors (Lipinski definition) is 2. The van der Waals surface area contributed by atoms with Crippen molar-refractivity contribution in [2.45, 2.75) is 32.2 Å². The van der Waals surface area contributed by atoms with Crippen LogP contribution in [0.15, 0.2) is 0 Å². The van der Waals surface area contributed by atoms with Crippen LogP contribution in [0.5, 0.6) is 0 Å². The molecule has 0 bridgehead atoms. The van der Waals surface area contributed by atoms with Crippen LogP contribution in [0.2, 0.25) is 0 Å². The van der Waals surface area contributed by atoms with Crippen molar-refractivity contribution in [2.24, 2.45) is 5.73 Å². The van der Waals surface area contributed by atoms with Gasteiger partial charge in [-0.25, -0.2) is 0 Å². The Bertz CT molecular complexity index is 140. The lowest BCUT2D eigenvalue weighted by Crippen LogP contribution is -2.33. The van der Waals surface area contributed by atoms with E-state index in [1.165, 1.54) is 0 Å². The van der Waals surface area contributed by atoms with Crippen molar-refractivity contribution in [3.63, 3.8) is 0 Å². The first-order chi connectivity index (χ1) is 6.20. The van der Waals surface area contributed by atoms with Gasteiger partial charge in [0.25, 0.3) is 0 Å². The van der Waals surface area contributed by atoms with Crippen molar-refractivity contribution in [3.8, 4) is 0 Å². The van der Waals surface area contributed by atoms with E-state index in [1.807, 2.05) is 6.92 Å². The van der Waals surface area contributed by atoms with E-state index in [0.717, 1.165) is 12.8 Å². The molecule has 0 spiro atoms. The fourth-order valence-corrected chi connectivity index (χ4v) is 1.05. The molecule has 1 unspecified atom stereocenters. The molecule has 0 aromatic heterocycles. The van der Waals surface area contributed by atoms with Crippen LogP contribution in [0.3, 0.4) is 0 Å². The molecule has 4 heteroatoms. The van der Waals surface area contributed by atoms with E-state index in [0.29, 0.717) is 19.6 Å². The Hall–Kier alpha value is -0.610. The van der Waals surface area contributed by atoms with E-state index >= 15 is 0 Å². The lowest BCUT2D eigenvalue weighted by molar-refractivity contribution is -0.122. The molecule has 0 radical (unpaired) electrons. The van der Waals surface area contributed by atoms with E-state index in [2.05, 4.69) is 5.32 Å². The molecule has 0 saturated heterocycles. The number of carbonyl (C=O) groups is 1. The average Bonchev–Trinajstić information content (AvgIpc) is 2.05. The SMILES string of the molecule is COCCCC(=O)NC(C)CCN. The van der Waals surface area contributed by atoms with Crippen molar-refractivity contribution in [3.05, 3.63) is 0 Å². The monoisotopic (exact) mass is 188 g/mol. The Kier molecular flexibility index (Phi) is 7.63. The third-order valence-corrected chi connectivity index (χ3v) is 1.76. The van der Waals surface area contributed by atoms with Gasteiger partial charge < -0.3 is 15.8 Å². The van der Waals surface area contributed by atoms with E-state index in [4.69, 9.17) is 10.5 Å². The maximum atomic E-state index is 11.2. The van der Waals surface area contributed by atoms with E-state index in [-0.39, 0.29) is 11.9 Å². The topological polar surface area (TPSA) is 64.3 Å². The second kappa shape index (κ2) is 8.01. The molecule has 1 amide bonds. The summed E-state index contributed by atoms with van der Waals surface area (Å²) in [6.07, 6.45) is 2.14. The predicted octanol–water partition coefficient (Wildman–Crippen LogP) is 0.267. The van der Waals surface area contributed by atoms with Gasteiger partial charge in [-0.15, -0.1) is 0 Å². The number of rotatable bonds is 7. The number of nitrogens with one attached hydrogen (secondary N) is 1. The molecule has 3 N–H and O–H groups in total. The molecule has 78 valence electrons. The van der Waals surface area contributed by atoms with Crippen LogP contribution in [-0.4, -0.2) is 32.2 Å². The molecule has 0 rings (SSSR count). The highest BCUT2D eigenvalue weighted by atomic mass is 16.5. The smallest absolute Gasteiger partial charge is 0.220 e. The van der Waals surface area contributed by atoms with Crippen molar-refractivity contribution in [1.29, 1.82) is 0 Å². The average molecular weight is 188 g/mol. The highest BCUT2D eigenvalue weighted by Gasteiger charge is 2.05. The molecular formula is C9H20N2O2. The van der Waals surface area contributed by atoms with Crippen LogP contribution in [0.1, 0.15) is 26.2 Å². The minimum atomic E-state index is 0.0815. The van der Waals surface area contributed by atoms with Crippen molar-refractivity contribution >= 4 is 5.91 Å². The molecule has 0 fully saturated rings. The molecule has 0 aliphatic carbocycles. The first-order valence-corrected chi connectivity index (χ1v) is 4.69. The summed E-state index contributed by atoms with van der Waals surface area (Å²) in [5.74, 6) is 0.0815. The van der Waals surface area contributed by atoms with Gasteiger partial charge in [0, 0.05) is 26.2 Å². The number of nitrogens with two attached hydrogens (primary N) is 1. The third-order valence-electron chi connectivity index (χ3n) is 1.76. The Morgan fingerprint density at radius 2 is 2.31 bits per heavy atom. The highest BCUT2D eigenvalue weighted by Crippen LogP contribution is 1.93. The van der Waals surface area contributed by atoms with Gasteiger partial charge in [-0.2, -0.15) is 0 Å². The zero-order valence-corrected chi connectivity index (χ0v) is 8.51. The standard InChI is InChI=1S/C9H20N2O2/c1-8(5-6-10)11-9(12)4-3-7-13-2/h8H,3-7,10H2,1-2H3,(H,11,12). The normalized spacial score (nSPS) is 12.5. The summed E-state index contributed by atoms with van der Waals surface area (Å²) in [7, 11) is 1.63. The van der Waals surface area contributed by atoms with E-state index < -0.39 is 0 Å². The van der Waals surface area contributed by atoms with Crippen LogP contribution in [-0.2, 0) is 9.53 Å². The minimum absolute atomic E-state index is 0.0815. The van der Waals surface area contributed by atoms with Gasteiger partial charge in [0.15, 0.2) is 0 Å². The van der Waals surface area contributed by atoms with Crippen molar-refractivity contribution in [2.75, 3.05) is 20.3 Å². The third kappa shape index (κ3) is 7.74. The van der Waals surface area contributed by atoms with Gasteiger partial charge in [-0.05, 0) is 26.3 Å². The Morgan fingerprint density at radius 1 is 1.62 bits per heavy atom. The lowest BCUT2D eigenvalue weighted by Gasteiger charge is -2.12. The van der Waals surface area contributed by atoms with Crippen molar-refractivity contribution in [1.82, 2.24) is 5.32 Å². The summed E-state index contributed by atoms with van der Waals surface area (Å²) >= 11 is 0. The fraction of sp³-hybridized carbons (Fsp3) is 0.889. The van der Waals surface area contributed by atoms with Gasteiger partial charge in [-0.1, -0.05) is 0 Å². The largest absolute Gasteiger partial charge is 0.385 e. The fourth-order valence-electron chi connectivity index (χ4n) is 1.05. The van der Waals surface area contributed by atoms with Gasteiger partial charge in [-0.3, -0.25) is 4.79 Å². The summed E-state index contributed by atoms with van der Waals surface area (Å²) in [4.78, 5) is 11.2. The van der Waals surface area contributed by atoms with E-state index in [1.54, 1.807) is 7.11 Å². The Balaban J connectivity index is 3.38. The number of ether oxygens (including phenoxy) is 1. The molecule has 0 aliphatic heterocycles. The second-order valence-electron chi connectivity index (χ2n) is 3.14. The van der Waals surface area contributed by atoms with Crippen LogP contribution in [0.25, 0.3) is 0 Å². The number of methoxy groups -OCH3 is 1. The van der Waals surface area contributed by atoms with Gasteiger partial charge >= 0.3 is 0 Å². The van der Waals surface area contributed by atoms with Gasteiger partial charge in [0.1, 0.15) is 0 Å². The summed E-state index contributed by atoms with van der Waals surface area (Å²) < 4.78 is 4.84. The summed E-state index contributed by atoms with van der Waals surface area (Å²) in [5, 5.41) is 2.87. The second-order valence-corrected chi connectivity index (χ2v) is 3.14. The maximum Gasteiger partial charge on any atom is 0.220 e. The van der Waals surface area contributed by atoms with Crippen molar-refractivity contribution < 1.29 is 9.53 Å². The Morgan fingerprint density at radius 3 is 2.85 bits per heavy atom. The molecule has 0 aromatic carbocycles. The van der Waals surface area contributed by atoms with Crippen LogP contribution in [0.4, 0.5) is 0 Å². The first kappa shape index (κ1) is 12.4. The summed E-state index contributed by atoms with van der Waals surface area (Å²) in [5.41, 5.74) is 5.36. The lowest BCUT2D eigenvalue weighted by atomic mass is 10.2. The molecule has 0 heterocycles. The van der Waals surface area contributed by atoms with Crippen LogP contribution in [0, 0.1) is 0 Å². The minimum Gasteiger partial charge on any atom is -0.385 e. The van der Waals surface area contributed by atoms with Gasteiger partial charge in [0.2, 0.25) is 5.91 Å². The summed E-state index contributed by atoms with van der Waals surface area (Å²) in [6, 6.07) is 0.181. The number of carbonyl (C=O) groups excluding carboxylic acids is 1. The first-order valence-electron chi connectivity index (χ1n) is 4.69. The zero-order chi connectivity index (χ0) is 10.1. The molecule has 4 nitrogen and oxygen atoms in total. The Labute approximate surface area is 79.8 Å². The molecule has 0 aromatic rings. The van der Waals surface area contributed by atoms with Crippen LogP contribution >= 0.6 is 0 Å². The molecule has 0 saturated carbocycles. The van der Waals surface area contributed by atoms with E-state index in [9.17, 15) is 4.79 Å². The predicted molar refractivity (Wildman–Crippen MR) is 52.4 cm³/mol. The zero-order valence-electron chi connectivity index (χ0n) is 8.51.